The van der Waals surface area contributed by atoms with Crippen LogP contribution in [0.4, 0.5) is 0 Å². The highest BCUT2D eigenvalue weighted by Gasteiger charge is 2.51. The molecule has 2 heteroatoms. The van der Waals surface area contributed by atoms with Crippen LogP contribution in [0.3, 0.4) is 0 Å². The molecule has 0 amide bonds. The molecule has 0 saturated carbocycles. The van der Waals surface area contributed by atoms with E-state index in [4.69, 9.17) is 0 Å². The molecular formula is C46H33NO. The van der Waals surface area contributed by atoms with Crippen LogP contribution >= 0.6 is 0 Å². The topological polar surface area (TPSA) is 22.0 Å². The molecular weight excluding hydrogens is 583 g/mol. The lowest BCUT2D eigenvalue weighted by atomic mass is 9.64. The molecule has 8 aromatic rings. The van der Waals surface area contributed by atoms with E-state index in [0.29, 0.717) is 0 Å². The first kappa shape index (κ1) is 28.3. The van der Waals surface area contributed by atoms with Crippen molar-refractivity contribution in [3.05, 3.63) is 196 Å². The summed E-state index contributed by atoms with van der Waals surface area (Å²) in [6.07, 6.45) is 0. The first-order valence-electron chi connectivity index (χ1n) is 16.8. The van der Waals surface area contributed by atoms with Crippen molar-refractivity contribution >= 4 is 21.7 Å². The molecule has 1 aliphatic heterocycles. The van der Waals surface area contributed by atoms with Crippen molar-refractivity contribution < 1.29 is 0 Å². The molecule has 0 fully saturated rings. The molecule has 1 aliphatic carbocycles. The number of fused-ring (bicyclic) bond motifs is 11. The first-order valence-corrected chi connectivity index (χ1v) is 16.8. The maximum Gasteiger partial charge on any atom is 0.263 e. The van der Waals surface area contributed by atoms with Gasteiger partial charge in [-0.3, -0.25) is 9.36 Å². The van der Waals surface area contributed by atoms with E-state index in [1.54, 1.807) is 0 Å². The van der Waals surface area contributed by atoms with Gasteiger partial charge in [-0.05, 0) is 91.4 Å². The lowest BCUT2D eigenvalue weighted by Crippen LogP contribution is -2.37. The Bertz CT molecular complexity index is 2550. The number of hydrogen-bond donors (Lipinski definition) is 0. The van der Waals surface area contributed by atoms with Crippen LogP contribution in [0.5, 0.6) is 0 Å². The van der Waals surface area contributed by atoms with E-state index in [2.05, 4.69) is 146 Å². The van der Waals surface area contributed by atoms with Gasteiger partial charge in [0.1, 0.15) is 0 Å². The van der Waals surface area contributed by atoms with E-state index in [9.17, 15) is 4.79 Å². The molecule has 2 nitrogen and oxygen atoms in total. The number of nitrogens with zero attached hydrogens (tertiary/aromatic N) is 1. The lowest BCUT2D eigenvalue weighted by Gasteiger charge is -2.41. The normalized spacial score (nSPS) is 13.0. The Labute approximate surface area is 280 Å². The monoisotopic (exact) mass is 615 g/mol. The number of aromatic nitrogens is 1. The second-order valence-corrected chi connectivity index (χ2v) is 12.4. The lowest BCUT2D eigenvalue weighted by molar-refractivity contribution is 0.740. The van der Waals surface area contributed by atoms with Crippen molar-refractivity contribution in [1.82, 2.24) is 4.57 Å². The molecule has 0 unspecified atom stereocenters. The van der Waals surface area contributed by atoms with Crippen LogP contribution in [0.15, 0.2) is 169 Å². The van der Waals surface area contributed by atoms with Gasteiger partial charge in [0.2, 0.25) is 0 Å². The van der Waals surface area contributed by atoms with Crippen molar-refractivity contribution in [2.45, 2.75) is 19.3 Å². The minimum atomic E-state index is -0.634. The Balaban J connectivity index is 0.00000154. The predicted octanol–water partition coefficient (Wildman–Crippen LogP) is 11.2. The second-order valence-electron chi connectivity index (χ2n) is 12.4. The summed E-state index contributed by atoms with van der Waals surface area (Å²) in [6.45, 7) is 4.00. The summed E-state index contributed by atoms with van der Waals surface area (Å²) < 4.78 is 2.00. The zero-order valence-corrected chi connectivity index (χ0v) is 26.9. The third kappa shape index (κ3) is 3.72. The molecule has 0 radical (unpaired) electrons. The Hall–Kier alpha value is -5.99. The minimum absolute atomic E-state index is 0.0138. The Kier molecular flexibility index (Phi) is 6.35. The molecule has 0 atom stereocenters. The van der Waals surface area contributed by atoms with Crippen molar-refractivity contribution in [3.63, 3.8) is 0 Å². The summed E-state index contributed by atoms with van der Waals surface area (Å²) in [5.41, 5.74) is 13.1. The minimum Gasteiger partial charge on any atom is -0.276 e. The summed E-state index contributed by atoms with van der Waals surface area (Å²) in [7, 11) is 0. The Morgan fingerprint density at radius 1 is 0.417 bits per heavy atom. The number of benzene rings is 7. The van der Waals surface area contributed by atoms with Crippen molar-refractivity contribution in [2.24, 2.45) is 0 Å². The SMILES string of the molecule is CC.O=c1c2ccccc2c2cc(-c3ccccc3)cc3c2n1-c1ccc(-c2ccccc2)cc1C31c2ccccc2-c2ccccc21. The molecule has 1 spiro atoms. The quantitative estimate of drug-likeness (QED) is 0.177. The van der Waals surface area contributed by atoms with Crippen LogP contribution < -0.4 is 5.56 Å². The van der Waals surface area contributed by atoms with Crippen LogP contribution in [-0.4, -0.2) is 4.57 Å². The van der Waals surface area contributed by atoms with E-state index in [1.165, 1.54) is 22.3 Å². The predicted molar refractivity (Wildman–Crippen MR) is 200 cm³/mol. The van der Waals surface area contributed by atoms with Gasteiger partial charge in [-0.15, -0.1) is 0 Å². The zero-order chi connectivity index (χ0) is 32.4. The smallest absolute Gasteiger partial charge is 0.263 e. The Morgan fingerprint density at radius 3 is 1.58 bits per heavy atom. The molecule has 10 rings (SSSR count). The average Bonchev–Trinajstić information content (AvgIpc) is 3.46. The van der Waals surface area contributed by atoms with Gasteiger partial charge in [0.15, 0.2) is 0 Å². The highest BCUT2D eigenvalue weighted by molar-refractivity contribution is 6.11. The summed E-state index contributed by atoms with van der Waals surface area (Å²) in [4.78, 5) is 14.7. The molecule has 2 heterocycles. The van der Waals surface area contributed by atoms with Crippen LogP contribution in [-0.2, 0) is 5.41 Å². The van der Waals surface area contributed by atoms with E-state index in [-0.39, 0.29) is 5.56 Å². The fourth-order valence-corrected chi connectivity index (χ4v) is 8.32. The van der Waals surface area contributed by atoms with Crippen LogP contribution in [0.2, 0.25) is 0 Å². The summed E-state index contributed by atoms with van der Waals surface area (Å²) in [6, 6.07) is 58.3. The molecule has 1 aromatic heterocycles. The third-order valence-electron chi connectivity index (χ3n) is 10.2. The van der Waals surface area contributed by atoms with E-state index >= 15 is 0 Å². The van der Waals surface area contributed by atoms with E-state index in [1.807, 2.05) is 36.6 Å². The fraction of sp³-hybridized carbons (Fsp3) is 0.0652. The third-order valence-corrected chi connectivity index (χ3v) is 10.2. The van der Waals surface area contributed by atoms with Gasteiger partial charge in [0, 0.05) is 10.8 Å². The maximum atomic E-state index is 14.7. The van der Waals surface area contributed by atoms with Gasteiger partial charge in [0.05, 0.1) is 16.6 Å². The molecule has 48 heavy (non-hydrogen) atoms. The summed E-state index contributed by atoms with van der Waals surface area (Å²) in [5, 5.41) is 2.80. The van der Waals surface area contributed by atoms with Gasteiger partial charge in [0.25, 0.3) is 5.56 Å². The molecule has 2 aliphatic rings. The largest absolute Gasteiger partial charge is 0.276 e. The molecule has 228 valence electrons. The Morgan fingerprint density at radius 2 is 0.938 bits per heavy atom. The second kappa shape index (κ2) is 10.8. The average molecular weight is 616 g/mol. The van der Waals surface area contributed by atoms with Gasteiger partial charge in [-0.25, -0.2) is 0 Å². The van der Waals surface area contributed by atoms with Crippen LogP contribution in [0.1, 0.15) is 36.1 Å². The molecule has 7 aromatic carbocycles. The molecule has 0 bridgehead atoms. The highest BCUT2D eigenvalue weighted by atomic mass is 16.1. The maximum absolute atomic E-state index is 14.7. The van der Waals surface area contributed by atoms with Crippen molar-refractivity contribution in [3.8, 4) is 39.1 Å². The van der Waals surface area contributed by atoms with Crippen molar-refractivity contribution in [2.75, 3.05) is 0 Å². The summed E-state index contributed by atoms with van der Waals surface area (Å²) >= 11 is 0. The number of pyridine rings is 1. The fourth-order valence-electron chi connectivity index (χ4n) is 8.32. The standard InChI is InChI=1S/C44H27NO.C2H6/c46-43-35-20-8-7-17-32(35)36-25-31(29-15-5-2-6-16-29)27-40-42(36)45(43)41-24-23-30(28-13-3-1-4-14-28)26-39(41)44(40)37-21-11-9-18-33(37)34-19-10-12-22-38(34)44;1-2/h1-27H;1-2H3. The van der Waals surface area contributed by atoms with Crippen molar-refractivity contribution in [1.29, 1.82) is 0 Å². The van der Waals surface area contributed by atoms with Gasteiger partial charge < -0.3 is 0 Å². The number of hydrogen-bond acceptors (Lipinski definition) is 1. The van der Waals surface area contributed by atoms with Gasteiger partial charge in [-0.1, -0.05) is 147 Å². The first-order chi connectivity index (χ1) is 23.7. The van der Waals surface area contributed by atoms with Gasteiger partial charge in [-0.2, -0.15) is 0 Å². The van der Waals surface area contributed by atoms with Crippen LogP contribution in [0, 0.1) is 0 Å². The molecule has 0 N–H and O–H groups in total. The van der Waals surface area contributed by atoms with E-state index < -0.39 is 5.41 Å². The number of rotatable bonds is 2. The highest BCUT2D eigenvalue weighted by Crippen LogP contribution is 2.60. The van der Waals surface area contributed by atoms with Gasteiger partial charge >= 0.3 is 0 Å². The summed E-state index contributed by atoms with van der Waals surface area (Å²) in [5.74, 6) is 0. The van der Waals surface area contributed by atoms with Crippen LogP contribution in [0.25, 0.3) is 60.7 Å². The molecule has 0 saturated heterocycles. The van der Waals surface area contributed by atoms with E-state index in [0.717, 1.165) is 60.7 Å². The zero-order valence-electron chi connectivity index (χ0n) is 26.9.